The third kappa shape index (κ3) is 5.22. The molecule has 5 aliphatic rings. The number of aldehydes is 1. The van der Waals surface area contributed by atoms with Crippen molar-refractivity contribution in [2.45, 2.75) is 56.8 Å². The predicted octanol–water partition coefficient (Wildman–Crippen LogP) is 1.94. The van der Waals surface area contributed by atoms with E-state index in [0.717, 1.165) is 62.0 Å². The SMILES string of the molecule is NC=C(C(=O)Nc1cc2c(cc1N1CCOCC1)C(=O)N(C1CCC(C=O)CC1)C2)c1nccc(N2CC3C[C@@H]2CO3)n1. The molecule has 2 amide bonds. The number of nitrogens with zero attached hydrogens (tertiary/aromatic N) is 5. The zero-order chi connectivity index (χ0) is 29.5. The minimum Gasteiger partial charge on any atom is -0.404 e. The lowest BCUT2D eigenvalue weighted by Crippen LogP contribution is -2.38. The Bertz CT molecular complexity index is 1450. The summed E-state index contributed by atoms with van der Waals surface area (Å²) in [6.07, 6.45) is 8.37. The van der Waals surface area contributed by atoms with E-state index >= 15 is 0 Å². The van der Waals surface area contributed by atoms with Crippen LogP contribution in [-0.2, 0) is 25.6 Å². The number of nitrogens with one attached hydrogen (secondary N) is 1. The molecule has 5 heterocycles. The summed E-state index contributed by atoms with van der Waals surface area (Å²) in [5.74, 6) is 0.669. The molecule has 4 fully saturated rings. The van der Waals surface area contributed by atoms with Crippen LogP contribution >= 0.6 is 0 Å². The van der Waals surface area contributed by atoms with E-state index in [4.69, 9.17) is 20.2 Å². The lowest BCUT2D eigenvalue weighted by Gasteiger charge is -2.33. The third-order valence-corrected chi connectivity index (χ3v) is 9.52. The number of carbonyl (C=O) groups excluding carboxylic acids is 3. The second-order valence-corrected chi connectivity index (χ2v) is 12.0. The molecule has 7 rings (SSSR count). The summed E-state index contributed by atoms with van der Waals surface area (Å²) in [6, 6.07) is 6.05. The molecule has 12 heteroatoms. The normalized spacial score (nSPS) is 27.0. The molecule has 3 saturated heterocycles. The number of anilines is 3. The third-order valence-electron chi connectivity index (χ3n) is 9.52. The first-order valence-corrected chi connectivity index (χ1v) is 15.2. The number of carbonyl (C=O) groups is 3. The molecular weight excluding hydrogens is 550 g/mol. The molecule has 2 atom stereocenters. The van der Waals surface area contributed by atoms with E-state index in [1.807, 2.05) is 23.1 Å². The van der Waals surface area contributed by atoms with Crippen LogP contribution in [0, 0.1) is 5.92 Å². The first kappa shape index (κ1) is 27.8. The second kappa shape index (κ2) is 11.6. The Morgan fingerprint density at radius 1 is 1.09 bits per heavy atom. The second-order valence-electron chi connectivity index (χ2n) is 12.0. The standard InChI is InChI=1S/C31H37N7O5/c32-14-25(29-33-6-5-28(35-29)37-16-23-12-22(37)18-43-23)30(40)34-26-11-20-15-38(21-3-1-19(17-39)2-4-21)31(41)24(20)13-27(26)36-7-9-42-10-8-36/h5-6,11,13-14,17,19,21-23H,1-4,7-10,12,15-16,18,32H2,(H,34,40)/t19?,21?,22-,23?/m1/s1. The maximum Gasteiger partial charge on any atom is 0.261 e. The Hall–Kier alpha value is -4.03. The average molecular weight is 588 g/mol. The molecule has 1 aromatic carbocycles. The smallest absolute Gasteiger partial charge is 0.261 e. The van der Waals surface area contributed by atoms with Gasteiger partial charge in [-0.15, -0.1) is 0 Å². The summed E-state index contributed by atoms with van der Waals surface area (Å²) < 4.78 is 11.3. The Kier molecular flexibility index (Phi) is 7.48. The van der Waals surface area contributed by atoms with Crippen LogP contribution in [0.3, 0.4) is 0 Å². The van der Waals surface area contributed by atoms with E-state index in [1.165, 1.54) is 6.20 Å². The highest BCUT2D eigenvalue weighted by Gasteiger charge is 2.40. The van der Waals surface area contributed by atoms with Crippen molar-refractivity contribution in [2.24, 2.45) is 11.7 Å². The number of fused-ring (bicyclic) bond motifs is 3. The summed E-state index contributed by atoms with van der Waals surface area (Å²) in [6.45, 7) is 4.31. The van der Waals surface area contributed by atoms with Crippen molar-refractivity contribution < 1.29 is 23.9 Å². The number of ether oxygens (including phenoxy) is 2. The van der Waals surface area contributed by atoms with Crippen LogP contribution in [0.1, 0.15) is 53.8 Å². The van der Waals surface area contributed by atoms with Gasteiger partial charge in [-0.1, -0.05) is 0 Å². The molecule has 43 heavy (non-hydrogen) atoms. The summed E-state index contributed by atoms with van der Waals surface area (Å²) in [4.78, 5) is 54.0. The topological polar surface area (TPSA) is 143 Å². The van der Waals surface area contributed by atoms with Gasteiger partial charge < -0.3 is 40.0 Å². The zero-order valence-corrected chi connectivity index (χ0v) is 24.1. The zero-order valence-electron chi connectivity index (χ0n) is 24.1. The number of rotatable bonds is 7. The summed E-state index contributed by atoms with van der Waals surface area (Å²) in [5.41, 5.74) is 9.07. The van der Waals surface area contributed by atoms with E-state index < -0.39 is 5.91 Å². The van der Waals surface area contributed by atoms with E-state index in [1.54, 1.807) is 6.20 Å². The van der Waals surface area contributed by atoms with Crippen molar-refractivity contribution in [3.63, 3.8) is 0 Å². The van der Waals surface area contributed by atoms with Crippen molar-refractivity contribution in [3.05, 3.63) is 47.5 Å². The van der Waals surface area contributed by atoms with E-state index in [2.05, 4.69) is 20.1 Å². The lowest BCUT2D eigenvalue weighted by atomic mass is 9.86. The van der Waals surface area contributed by atoms with Gasteiger partial charge in [0.05, 0.1) is 48.9 Å². The van der Waals surface area contributed by atoms with Crippen LogP contribution in [0.4, 0.5) is 17.2 Å². The van der Waals surface area contributed by atoms with Gasteiger partial charge in [0, 0.05) is 56.1 Å². The van der Waals surface area contributed by atoms with Crippen LogP contribution in [0.25, 0.3) is 5.57 Å². The number of hydrogen-bond acceptors (Lipinski definition) is 10. The van der Waals surface area contributed by atoms with Gasteiger partial charge in [0.25, 0.3) is 11.8 Å². The van der Waals surface area contributed by atoms with Crippen molar-refractivity contribution in [1.82, 2.24) is 14.9 Å². The minimum absolute atomic E-state index is 0.00529. The highest BCUT2D eigenvalue weighted by molar-refractivity contribution is 6.25. The fourth-order valence-corrected chi connectivity index (χ4v) is 7.14. The minimum atomic E-state index is -0.422. The van der Waals surface area contributed by atoms with Crippen molar-refractivity contribution in [2.75, 3.05) is 54.6 Å². The summed E-state index contributed by atoms with van der Waals surface area (Å²) >= 11 is 0. The van der Waals surface area contributed by atoms with Crippen LogP contribution in [0.15, 0.2) is 30.6 Å². The fraction of sp³-hybridized carbons (Fsp3) is 0.516. The van der Waals surface area contributed by atoms with Gasteiger partial charge >= 0.3 is 0 Å². The van der Waals surface area contributed by atoms with Gasteiger partial charge in [0.1, 0.15) is 12.1 Å². The van der Waals surface area contributed by atoms with Crippen molar-refractivity contribution >= 4 is 40.9 Å². The molecule has 12 nitrogen and oxygen atoms in total. The van der Waals surface area contributed by atoms with Gasteiger partial charge in [0.2, 0.25) is 0 Å². The first-order chi connectivity index (χ1) is 21.0. The number of aromatic nitrogens is 2. The molecule has 226 valence electrons. The quantitative estimate of drug-likeness (QED) is 0.364. The van der Waals surface area contributed by atoms with E-state index in [-0.39, 0.29) is 41.4 Å². The first-order valence-electron chi connectivity index (χ1n) is 15.2. The van der Waals surface area contributed by atoms with Gasteiger partial charge in [-0.2, -0.15) is 0 Å². The predicted molar refractivity (Wildman–Crippen MR) is 159 cm³/mol. The number of nitrogens with two attached hydrogens (primary N) is 1. The van der Waals surface area contributed by atoms with Crippen LogP contribution in [-0.4, -0.2) is 90.6 Å². The Morgan fingerprint density at radius 3 is 2.60 bits per heavy atom. The molecule has 2 bridgehead atoms. The van der Waals surface area contributed by atoms with Gasteiger partial charge in [-0.25, -0.2) is 9.97 Å². The molecule has 0 radical (unpaired) electrons. The van der Waals surface area contributed by atoms with Gasteiger partial charge in [-0.05, 0) is 55.9 Å². The monoisotopic (exact) mass is 587 g/mol. The van der Waals surface area contributed by atoms with Crippen molar-refractivity contribution in [1.29, 1.82) is 0 Å². The molecule has 0 spiro atoms. The maximum atomic E-state index is 13.8. The highest BCUT2D eigenvalue weighted by atomic mass is 16.5. The molecule has 1 saturated carbocycles. The number of hydrogen-bond donors (Lipinski definition) is 2. The highest BCUT2D eigenvalue weighted by Crippen LogP contribution is 2.38. The summed E-state index contributed by atoms with van der Waals surface area (Å²) in [7, 11) is 0. The largest absolute Gasteiger partial charge is 0.404 e. The van der Waals surface area contributed by atoms with Crippen LogP contribution in [0.5, 0.6) is 0 Å². The maximum absolute atomic E-state index is 13.8. The molecule has 1 aliphatic carbocycles. The average Bonchev–Trinajstić information content (AvgIpc) is 3.77. The van der Waals surface area contributed by atoms with E-state index in [0.29, 0.717) is 50.7 Å². The lowest BCUT2D eigenvalue weighted by molar-refractivity contribution is -0.112. The number of amides is 2. The summed E-state index contributed by atoms with van der Waals surface area (Å²) in [5, 5.41) is 3.07. The van der Waals surface area contributed by atoms with Gasteiger partial charge in [0.15, 0.2) is 5.82 Å². The molecule has 1 unspecified atom stereocenters. The Morgan fingerprint density at radius 2 is 1.91 bits per heavy atom. The molecular formula is C31H37N7O5. The Labute approximate surface area is 250 Å². The fourth-order valence-electron chi connectivity index (χ4n) is 7.14. The van der Waals surface area contributed by atoms with Crippen molar-refractivity contribution in [3.8, 4) is 0 Å². The number of morpholine rings is 2. The van der Waals surface area contributed by atoms with E-state index in [9.17, 15) is 14.4 Å². The van der Waals surface area contributed by atoms with Crippen LogP contribution in [0.2, 0.25) is 0 Å². The molecule has 2 aromatic rings. The molecule has 1 aromatic heterocycles. The van der Waals surface area contributed by atoms with Crippen LogP contribution < -0.4 is 20.9 Å². The molecule has 4 aliphatic heterocycles. The number of benzene rings is 1. The Balaban J connectivity index is 1.15. The van der Waals surface area contributed by atoms with Gasteiger partial charge in [-0.3, -0.25) is 9.59 Å². The molecule has 3 N–H and O–H groups in total.